The molecular formula is C49H71ClN4O14Si. The summed E-state index contributed by atoms with van der Waals surface area (Å²) in [5.74, 6) is -4.97. The number of ether oxygens (including phenoxy) is 5. The molecule has 4 amide bonds. The number of alkyl carbamates (subject to hydrolysis) is 1. The van der Waals surface area contributed by atoms with Gasteiger partial charge in [0.1, 0.15) is 42.8 Å². The van der Waals surface area contributed by atoms with Crippen LogP contribution in [0.25, 0.3) is 0 Å². The second-order valence-electron chi connectivity index (χ2n) is 20.0. The fourth-order valence-electron chi connectivity index (χ4n) is 8.04. The van der Waals surface area contributed by atoms with Gasteiger partial charge in [0.05, 0.1) is 36.4 Å². The summed E-state index contributed by atoms with van der Waals surface area (Å²) in [7, 11) is 1.58. The second-order valence-corrected chi connectivity index (χ2v) is 26.0. The third-order valence-corrected chi connectivity index (χ3v) is 15.2. The van der Waals surface area contributed by atoms with Gasteiger partial charge in [-0.25, -0.2) is 14.4 Å². The first kappa shape index (κ1) is 56.6. The lowest BCUT2D eigenvalue weighted by atomic mass is 9.82. The standard InChI is InChI=1S/C49H71ClN4O14Si/c1-29-13-12-14-31(3)49(63)25-38(66-47(62)52-49)32(4)45-48(6,68-45)39(24-42(59)54(8)37-23-34(21-29)22-30(2)44(37)50)67-46(61)33(5)53(7)41(58)18-16-35(55)26-51-40(57)17-15-36(56)27-64-28-43(60)65-19-20-69(9,10)11/h12-14,22-23,31-33,38-39,45,63H,15-21,24-28H2,1-11H3,(H,51,57)(H,52,62)/b14-12+,29-13+. The van der Waals surface area contributed by atoms with E-state index in [4.69, 9.17) is 35.3 Å². The predicted octanol–water partition coefficient (Wildman–Crippen LogP) is 5.15. The summed E-state index contributed by atoms with van der Waals surface area (Å²) >= 11 is 6.79. The van der Waals surface area contributed by atoms with Crippen LogP contribution in [0.4, 0.5) is 10.5 Å². The summed E-state index contributed by atoms with van der Waals surface area (Å²) in [5.41, 5.74) is 0.122. The van der Waals surface area contributed by atoms with Crippen LogP contribution in [0, 0.1) is 18.8 Å². The van der Waals surface area contributed by atoms with Gasteiger partial charge in [0, 0.05) is 66.1 Å². The van der Waals surface area contributed by atoms with E-state index in [1.807, 2.05) is 38.1 Å². The minimum Gasteiger partial charge on any atom is -0.464 e. The molecule has 3 N–H and O–H groups in total. The number of esters is 2. The summed E-state index contributed by atoms with van der Waals surface area (Å²) in [4.78, 5) is 106. The molecule has 4 rings (SSSR count). The summed E-state index contributed by atoms with van der Waals surface area (Å²) in [6, 6.07) is 3.39. The van der Waals surface area contributed by atoms with Crippen molar-refractivity contribution < 1.29 is 67.1 Å². The van der Waals surface area contributed by atoms with Crippen molar-refractivity contribution in [3.8, 4) is 0 Å². The molecule has 2 saturated heterocycles. The first-order chi connectivity index (χ1) is 32.1. The summed E-state index contributed by atoms with van der Waals surface area (Å²) in [5, 5.41) is 17.1. The second kappa shape index (κ2) is 24.2. The smallest absolute Gasteiger partial charge is 0.409 e. The zero-order valence-electron chi connectivity index (χ0n) is 41.9. The third kappa shape index (κ3) is 16.3. The molecule has 0 aromatic heterocycles. The van der Waals surface area contributed by atoms with Gasteiger partial charge in [0.25, 0.3) is 0 Å². The molecule has 2 fully saturated rings. The lowest BCUT2D eigenvalue weighted by Crippen LogP contribution is -2.60. The molecule has 3 heterocycles. The average Bonchev–Trinajstić information content (AvgIpc) is 3.97. The Balaban J connectivity index is 1.38. The number of likely N-dealkylation sites (N-methyl/N-ethyl adjacent to an activating group) is 1. The average molecular weight is 1000 g/mol. The quantitative estimate of drug-likeness (QED) is 0.0747. The molecule has 1 aromatic carbocycles. The number of nitrogens with one attached hydrogen (secondary N) is 2. The van der Waals surface area contributed by atoms with Gasteiger partial charge in [-0.05, 0) is 57.4 Å². The normalized spacial score (nSPS) is 26.7. The number of ketones is 2. The minimum atomic E-state index is -1.66. The van der Waals surface area contributed by atoms with Crippen LogP contribution in [0.2, 0.25) is 30.7 Å². The highest BCUT2D eigenvalue weighted by atomic mass is 35.5. The summed E-state index contributed by atoms with van der Waals surface area (Å²) in [6.07, 6.45) is 1.22. The molecule has 0 saturated carbocycles. The number of allylic oxidation sites excluding steroid dienone is 3. The molecule has 382 valence electrons. The maximum atomic E-state index is 14.2. The van der Waals surface area contributed by atoms with E-state index in [-0.39, 0.29) is 58.3 Å². The summed E-state index contributed by atoms with van der Waals surface area (Å²) in [6.45, 7) is 16.1. The lowest BCUT2D eigenvalue weighted by Gasteiger charge is -2.41. The Morgan fingerprint density at radius 2 is 1.72 bits per heavy atom. The zero-order chi connectivity index (χ0) is 51.6. The van der Waals surface area contributed by atoms with Gasteiger partial charge in [-0.3, -0.25) is 29.3 Å². The summed E-state index contributed by atoms with van der Waals surface area (Å²) < 4.78 is 28.3. The maximum absolute atomic E-state index is 14.2. The van der Waals surface area contributed by atoms with Gasteiger partial charge in [0.2, 0.25) is 17.7 Å². The number of anilines is 1. The van der Waals surface area contributed by atoms with Gasteiger partial charge in [-0.15, -0.1) is 0 Å². The molecule has 0 spiro atoms. The molecular weight excluding hydrogens is 932 g/mol. The highest BCUT2D eigenvalue weighted by Crippen LogP contribution is 2.49. The molecule has 0 radical (unpaired) electrons. The minimum absolute atomic E-state index is 0.0102. The number of aliphatic hydroxyl groups is 1. The van der Waals surface area contributed by atoms with Crippen LogP contribution in [0.5, 0.6) is 0 Å². The van der Waals surface area contributed by atoms with E-state index in [9.17, 15) is 43.5 Å². The van der Waals surface area contributed by atoms with Crippen molar-refractivity contribution in [1.29, 1.82) is 0 Å². The van der Waals surface area contributed by atoms with Crippen molar-refractivity contribution in [2.45, 2.75) is 148 Å². The van der Waals surface area contributed by atoms with Gasteiger partial charge in [0.15, 0.2) is 11.6 Å². The predicted molar refractivity (Wildman–Crippen MR) is 259 cm³/mol. The van der Waals surface area contributed by atoms with E-state index >= 15 is 0 Å². The number of fused-ring (bicyclic) bond motifs is 5. The number of carbonyl (C=O) groups is 8. The fourth-order valence-corrected chi connectivity index (χ4v) is 8.99. The molecule has 3 aliphatic rings. The third-order valence-electron chi connectivity index (χ3n) is 13.0. The highest BCUT2D eigenvalue weighted by molar-refractivity contribution is 6.76. The maximum Gasteiger partial charge on any atom is 0.409 e. The van der Waals surface area contributed by atoms with Crippen LogP contribution in [-0.2, 0) is 63.7 Å². The Hall–Kier alpha value is -4.95. The number of benzene rings is 1. The van der Waals surface area contributed by atoms with Crippen molar-refractivity contribution in [3.63, 3.8) is 0 Å². The molecule has 18 nitrogen and oxygen atoms in total. The monoisotopic (exact) mass is 1000 g/mol. The number of aryl methyl sites for hydroxylation is 1. The van der Waals surface area contributed by atoms with E-state index in [0.29, 0.717) is 23.7 Å². The number of rotatable bonds is 18. The molecule has 8 unspecified atom stereocenters. The van der Waals surface area contributed by atoms with Crippen molar-refractivity contribution in [2.24, 2.45) is 11.8 Å². The van der Waals surface area contributed by atoms with Crippen molar-refractivity contribution in [1.82, 2.24) is 15.5 Å². The molecule has 20 heteroatoms. The van der Waals surface area contributed by atoms with Crippen LogP contribution >= 0.6 is 11.6 Å². The van der Waals surface area contributed by atoms with E-state index in [0.717, 1.165) is 27.6 Å². The van der Waals surface area contributed by atoms with Gasteiger partial charge >= 0.3 is 18.0 Å². The first-order valence-electron chi connectivity index (χ1n) is 23.4. The van der Waals surface area contributed by atoms with E-state index < -0.39 is 103 Å². The molecule has 4 bridgehead atoms. The van der Waals surface area contributed by atoms with E-state index in [1.54, 1.807) is 33.9 Å². The Kier molecular flexibility index (Phi) is 19.9. The molecule has 8 atom stereocenters. The van der Waals surface area contributed by atoms with E-state index in [1.165, 1.54) is 18.9 Å². The number of hydrogen-bond acceptors (Lipinski definition) is 14. The topological polar surface area (TPSA) is 237 Å². The Morgan fingerprint density at radius 3 is 2.41 bits per heavy atom. The van der Waals surface area contributed by atoms with Crippen LogP contribution in [0.15, 0.2) is 35.9 Å². The van der Waals surface area contributed by atoms with Crippen LogP contribution in [0.1, 0.15) is 84.3 Å². The molecule has 3 aliphatic heterocycles. The Morgan fingerprint density at radius 1 is 1.04 bits per heavy atom. The number of nitrogens with zero attached hydrogens (tertiary/aromatic N) is 2. The van der Waals surface area contributed by atoms with Crippen molar-refractivity contribution >= 4 is 72.7 Å². The van der Waals surface area contributed by atoms with E-state index in [2.05, 4.69) is 30.3 Å². The molecule has 1 aromatic rings. The van der Waals surface area contributed by atoms with Gasteiger partial charge < -0.3 is 43.9 Å². The molecule has 0 aliphatic carbocycles. The van der Waals surface area contributed by atoms with Crippen molar-refractivity contribution in [3.05, 3.63) is 52.1 Å². The van der Waals surface area contributed by atoms with Crippen molar-refractivity contribution in [2.75, 3.05) is 45.4 Å². The zero-order valence-corrected chi connectivity index (χ0v) is 43.6. The Bertz CT molecular complexity index is 2180. The van der Waals surface area contributed by atoms with Crippen LogP contribution in [0.3, 0.4) is 0 Å². The number of carbonyl (C=O) groups excluding carboxylic acids is 8. The van der Waals surface area contributed by atoms with Crippen LogP contribution in [-0.4, -0.2) is 142 Å². The lowest BCUT2D eigenvalue weighted by molar-refractivity contribution is -0.162. The molecule has 69 heavy (non-hydrogen) atoms. The number of halogens is 1. The number of amides is 4. The SMILES string of the molecule is C/C1=C\C=C\C(C)C2(O)CC(OC(=O)N2)C(C)C2OC2(C)C(OC(=O)C(C)N(C)C(=O)CCC(=O)CNC(=O)CCC(=O)COCC(=O)OCC[Si](C)(C)C)CC(=O)N(C)c2cc(cc(C)c2Cl)C1. The van der Waals surface area contributed by atoms with Gasteiger partial charge in [-0.2, -0.15) is 0 Å². The van der Waals surface area contributed by atoms with Crippen LogP contribution < -0.4 is 15.5 Å². The number of hydrogen-bond donors (Lipinski definition) is 3. The first-order valence-corrected chi connectivity index (χ1v) is 27.5. The fraction of sp³-hybridized carbons (Fsp3) is 0.633. The largest absolute Gasteiger partial charge is 0.464 e. The number of Topliss-reactive ketones (excluding diaryl/α,β-unsaturated/α-hetero) is 2. The number of epoxide rings is 1. The Labute approximate surface area is 411 Å². The van der Waals surface area contributed by atoms with Gasteiger partial charge in [-0.1, -0.05) is 75.0 Å². The highest BCUT2D eigenvalue weighted by Gasteiger charge is 2.64.